The van der Waals surface area contributed by atoms with E-state index in [1.165, 1.54) is 0 Å². The summed E-state index contributed by atoms with van der Waals surface area (Å²) in [5.41, 5.74) is 6.41. The van der Waals surface area contributed by atoms with Crippen molar-refractivity contribution in [3.63, 3.8) is 0 Å². The fourth-order valence-electron chi connectivity index (χ4n) is 2.18. The van der Waals surface area contributed by atoms with Crippen LogP contribution in [0, 0.1) is 5.92 Å². The molecule has 1 fully saturated rings. The van der Waals surface area contributed by atoms with E-state index in [9.17, 15) is 4.79 Å². The van der Waals surface area contributed by atoms with Crippen LogP contribution in [0.4, 0.5) is 0 Å². The summed E-state index contributed by atoms with van der Waals surface area (Å²) in [5, 5.41) is 0.955. The molecule has 2 N–H and O–H groups in total. The number of carbonyl (C=O) groups excluding carboxylic acids is 1. The number of hydrogen-bond donors (Lipinski definition) is 1. The van der Waals surface area contributed by atoms with Crippen LogP contribution in [-0.2, 0) is 0 Å². The van der Waals surface area contributed by atoms with E-state index in [2.05, 4.69) is 6.92 Å². The standard InChI is InChI=1S/C13H16Cl2N2O/c1-8-7-17(5-4-12(8)16)13(18)10-6-9(14)2-3-11(10)15/h2-3,6,8,12H,4-5,7,16H2,1H3. The second-order valence-corrected chi connectivity index (χ2v) is 5.65. The van der Waals surface area contributed by atoms with Gasteiger partial charge in [0.1, 0.15) is 0 Å². The molecule has 3 nitrogen and oxygen atoms in total. The van der Waals surface area contributed by atoms with Gasteiger partial charge < -0.3 is 10.6 Å². The summed E-state index contributed by atoms with van der Waals surface area (Å²) in [5.74, 6) is 0.238. The number of likely N-dealkylation sites (tertiary alicyclic amines) is 1. The molecule has 1 amide bonds. The Morgan fingerprint density at radius 2 is 2.17 bits per heavy atom. The van der Waals surface area contributed by atoms with Crippen molar-refractivity contribution in [2.24, 2.45) is 11.7 Å². The predicted molar refractivity (Wildman–Crippen MR) is 74.1 cm³/mol. The van der Waals surface area contributed by atoms with Crippen LogP contribution in [-0.4, -0.2) is 29.9 Å². The molecule has 0 saturated carbocycles. The van der Waals surface area contributed by atoms with Crippen LogP contribution in [0.2, 0.25) is 10.0 Å². The first-order valence-electron chi connectivity index (χ1n) is 5.99. The van der Waals surface area contributed by atoms with Gasteiger partial charge in [-0.25, -0.2) is 0 Å². The molecule has 1 aromatic carbocycles. The summed E-state index contributed by atoms with van der Waals surface area (Å²) in [6.45, 7) is 3.40. The Morgan fingerprint density at radius 1 is 1.44 bits per heavy atom. The van der Waals surface area contributed by atoms with Crippen molar-refractivity contribution in [2.75, 3.05) is 13.1 Å². The third-order valence-corrected chi connectivity index (χ3v) is 3.98. The minimum Gasteiger partial charge on any atom is -0.338 e. The molecule has 5 heteroatoms. The summed E-state index contributed by atoms with van der Waals surface area (Å²) in [7, 11) is 0. The number of benzene rings is 1. The van der Waals surface area contributed by atoms with E-state index in [0.717, 1.165) is 6.42 Å². The minimum absolute atomic E-state index is 0.0683. The van der Waals surface area contributed by atoms with Crippen molar-refractivity contribution < 1.29 is 4.79 Å². The van der Waals surface area contributed by atoms with Crippen molar-refractivity contribution in [3.8, 4) is 0 Å². The van der Waals surface area contributed by atoms with E-state index < -0.39 is 0 Å². The molecule has 2 atom stereocenters. The lowest BCUT2D eigenvalue weighted by Crippen LogP contribution is -2.48. The van der Waals surface area contributed by atoms with E-state index >= 15 is 0 Å². The fourth-order valence-corrected chi connectivity index (χ4v) is 2.55. The van der Waals surface area contributed by atoms with Gasteiger partial charge in [-0.1, -0.05) is 30.1 Å². The Kier molecular flexibility index (Phi) is 4.15. The van der Waals surface area contributed by atoms with Crippen LogP contribution in [0.25, 0.3) is 0 Å². The van der Waals surface area contributed by atoms with Gasteiger partial charge in [0.25, 0.3) is 5.91 Å². The van der Waals surface area contributed by atoms with Gasteiger partial charge in [0.2, 0.25) is 0 Å². The maximum absolute atomic E-state index is 12.4. The second kappa shape index (κ2) is 5.47. The van der Waals surface area contributed by atoms with Gasteiger partial charge in [-0.15, -0.1) is 0 Å². The number of rotatable bonds is 1. The van der Waals surface area contributed by atoms with Crippen molar-refractivity contribution in [1.82, 2.24) is 4.90 Å². The van der Waals surface area contributed by atoms with E-state index in [-0.39, 0.29) is 11.9 Å². The number of halogens is 2. The van der Waals surface area contributed by atoms with Crippen molar-refractivity contribution in [2.45, 2.75) is 19.4 Å². The zero-order chi connectivity index (χ0) is 13.3. The maximum atomic E-state index is 12.4. The molecule has 2 rings (SSSR count). The molecular weight excluding hydrogens is 271 g/mol. The van der Waals surface area contributed by atoms with Crippen molar-refractivity contribution in [1.29, 1.82) is 0 Å². The highest BCUT2D eigenvalue weighted by atomic mass is 35.5. The monoisotopic (exact) mass is 286 g/mol. The number of amides is 1. The molecule has 1 heterocycles. The Morgan fingerprint density at radius 3 is 2.83 bits per heavy atom. The number of nitrogens with two attached hydrogens (primary N) is 1. The smallest absolute Gasteiger partial charge is 0.255 e. The van der Waals surface area contributed by atoms with Gasteiger partial charge in [-0.05, 0) is 30.5 Å². The highest BCUT2D eigenvalue weighted by Gasteiger charge is 2.27. The molecule has 18 heavy (non-hydrogen) atoms. The van der Waals surface area contributed by atoms with Gasteiger partial charge in [-0.2, -0.15) is 0 Å². The van der Waals surface area contributed by atoms with Crippen LogP contribution < -0.4 is 5.73 Å². The summed E-state index contributed by atoms with van der Waals surface area (Å²) in [4.78, 5) is 14.2. The van der Waals surface area contributed by atoms with E-state index in [1.807, 2.05) is 0 Å². The first-order chi connectivity index (χ1) is 8.49. The number of carbonyl (C=O) groups is 1. The zero-order valence-corrected chi connectivity index (χ0v) is 11.7. The third kappa shape index (κ3) is 2.79. The molecule has 0 spiro atoms. The summed E-state index contributed by atoms with van der Waals surface area (Å²) >= 11 is 11.9. The van der Waals surface area contributed by atoms with Gasteiger partial charge in [0.15, 0.2) is 0 Å². The Balaban J connectivity index is 2.19. The van der Waals surface area contributed by atoms with Gasteiger partial charge in [0, 0.05) is 24.2 Å². The molecule has 0 aliphatic carbocycles. The lowest BCUT2D eigenvalue weighted by Gasteiger charge is -2.35. The number of piperidine rings is 1. The lowest BCUT2D eigenvalue weighted by molar-refractivity contribution is 0.0664. The summed E-state index contributed by atoms with van der Waals surface area (Å²) < 4.78 is 0. The SMILES string of the molecule is CC1CN(C(=O)c2cc(Cl)ccc2Cl)CCC1N. The number of nitrogens with zero attached hydrogens (tertiary/aromatic N) is 1. The first-order valence-corrected chi connectivity index (χ1v) is 6.74. The minimum atomic E-state index is -0.0683. The van der Waals surface area contributed by atoms with Gasteiger partial charge >= 0.3 is 0 Å². The fraction of sp³-hybridized carbons (Fsp3) is 0.462. The van der Waals surface area contributed by atoms with Crippen LogP contribution in [0.3, 0.4) is 0 Å². The summed E-state index contributed by atoms with van der Waals surface area (Å²) in [6, 6.07) is 5.11. The van der Waals surface area contributed by atoms with E-state index in [4.69, 9.17) is 28.9 Å². The maximum Gasteiger partial charge on any atom is 0.255 e. The largest absolute Gasteiger partial charge is 0.338 e. The van der Waals surface area contributed by atoms with Gasteiger partial charge in [-0.3, -0.25) is 4.79 Å². The molecule has 0 aromatic heterocycles. The van der Waals surface area contributed by atoms with E-state index in [0.29, 0.717) is 34.6 Å². The second-order valence-electron chi connectivity index (χ2n) is 4.81. The average molecular weight is 287 g/mol. The lowest BCUT2D eigenvalue weighted by atomic mass is 9.94. The summed E-state index contributed by atoms with van der Waals surface area (Å²) in [6.07, 6.45) is 0.824. The molecule has 2 unspecified atom stereocenters. The zero-order valence-electron chi connectivity index (χ0n) is 10.2. The molecular formula is C13H16Cl2N2O. The van der Waals surface area contributed by atoms with E-state index in [1.54, 1.807) is 23.1 Å². The predicted octanol–water partition coefficient (Wildman–Crippen LogP) is 2.80. The van der Waals surface area contributed by atoms with Gasteiger partial charge in [0.05, 0.1) is 10.6 Å². The normalized spacial score (nSPS) is 24.1. The van der Waals surface area contributed by atoms with Crippen LogP contribution in [0.1, 0.15) is 23.7 Å². The van der Waals surface area contributed by atoms with Crippen molar-refractivity contribution in [3.05, 3.63) is 33.8 Å². The topological polar surface area (TPSA) is 46.3 Å². The third-order valence-electron chi connectivity index (χ3n) is 3.42. The highest BCUT2D eigenvalue weighted by Crippen LogP contribution is 2.24. The highest BCUT2D eigenvalue weighted by molar-refractivity contribution is 6.35. The molecule has 1 aliphatic rings. The van der Waals surface area contributed by atoms with Crippen LogP contribution in [0.5, 0.6) is 0 Å². The number of hydrogen-bond acceptors (Lipinski definition) is 2. The molecule has 1 saturated heterocycles. The quantitative estimate of drug-likeness (QED) is 0.863. The first kappa shape index (κ1) is 13.7. The Bertz CT molecular complexity index is 464. The molecule has 0 radical (unpaired) electrons. The van der Waals surface area contributed by atoms with Crippen molar-refractivity contribution >= 4 is 29.1 Å². The average Bonchev–Trinajstić information content (AvgIpc) is 2.35. The van der Waals surface area contributed by atoms with Crippen LogP contribution in [0.15, 0.2) is 18.2 Å². The molecule has 1 aromatic rings. The Hall–Kier alpha value is -0.770. The Labute approximate surface area is 117 Å². The van der Waals surface area contributed by atoms with Crippen LogP contribution >= 0.6 is 23.2 Å². The molecule has 0 bridgehead atoms. The molecule has 98 valence electrons. The molecule has 1 aliphatic heterocycles.